The minimum Gasteiger partial charge on any atom is -0.455 e. The van der Waals surface area contributed by atoms with Crippen molar-refractivity contribution in [2.75, 3.05) is 6.61 Å². The van der Waals surface area contributed by atoms with E-state index in [0.29, 0.717) is 5.75 Å². The fourth-order valence-electron chi connectivity index (χ4n) is 1.49. The summed E-state index contributed by atoms with van der Waals surface area (Å²) in [6, 6.07) is 6.94. The first-order valence-corrected chi connectivity index (χ1v) is 5.35. The number of hydrogen-bond acceptors (Lipinski definition) is 4. The van der Waals surface area contributed by atoms with Crippen molar-refractivity contribution in [3.63, 3.8) is 0 Å². The first-order valence-electron chi connectivity index (χ1n) is 5.35. The number of carbonyl (C=O) groups is 1. The van der Waals surface area contributed by atoms with Gasteiger partial charge in [-0.25, -0.2) is 4.79 Å². The minimum absolute atomic E-state index is 0.209. The molecule has 4 nitrogen and oxygen atoms in total. The van der Waals surface area contributed by atoms with Crippen LogP contribution in [0.3, 0.4) is 0 Å². The Bertz CT molecular complexity index is 451. The maximum absolute atomic E-state index is 11.1. The second-order valence-electron chi connectivity index (χ2n) is 4.35. The molecule has 1 aliphatic heterocycles. The number of esters is 1. The average molecular weight is 234 g/mol. The Labute approximate surface area is 99.5 Å². The monoisotopic (exact) mass is 234 g/mol. The Morgan fingerprint density at radius 3 is 2.41 bits per heavy atom. The third-order valence-corrected chi connectivity index (χ3v) is 2.47. The molecule has 1 aliphatic rings. The zero-order chi connectivity index (χ0) is 12.5. The van der Waals surface area contributed by atoms with E-state index in [0.717, 1.165) is 5.56 Å². The van der Waals surface area contributed by atoms with E-state index in [2.05, 4.69) is 0 Å². The normalized spacial score (nSPS) is 15.5. The summed E-state index contributed by atoms with van der Waals surface area (Å²) in [6.07, 6.45) is 1.59. The highest BCUT2D eigenvalue weighted by atomic mass is 16.6. The molecule has 0 unspecified atom stereocenters. The molecule has 1 aromatic carbocycles. The molecule has 0 aliphatic carbocycles. The van der Waals surface area contributed by atoms with Crippen molar-refractivity contribution in [1.29, 1.82) is 0 Å². The highest BCUT2D eigenvalue weighted by Crippen LogP contribution is 2.23. The van der Waals surface area contributed by atoms with Crippen LogP contribution in [0.4, 0.5) is 0 Å². The Balaban J connectivity index is 2.11. The number of ether oxygens (including phenoxy) is 2. The summed E-state index contributed by atoms with van der Waals surface area (Å²) in [4.78, 5) is 11.1. The number of hydrogen-bond donors (Lipinski definition) is 1. The summed E-state index contributed by atoms with van der Waals surface area (Å²) in [5.41, 5.74) is -0.0998. The molecule has 4 heteroatoms. The lowest BCUT2D eigenvalue weighted by atomic mass is 9.99. The molecule has 90 valence electrons. The Hall–Kier alpha value is -1.81. The van der Waals surface area contributed by atoms with Gasteiger partial charge in [0.15, 0.2) is 0 Å². The third-order valence-electron chi connectivity index (χ3n) is 2.47. The summed E-state index contributed by atoms with van der Waals surface area (Å²) in [5, 5.41) is 9.78. The van der Waals surface area contributed by atoms with Crippen LogP contribution in [0.15, 0.2) is 36.1 Å². The first-order chi connectivity index (χ1) is 7.97. The van der Waals surface area contributed by atoms with Gasteiger partial charge < -0.3 is 14.6 Å². The van der Waals surface area contributed by atoms with Gasteiger partial charge in [0.05, 0.1) is 5.60 Å². The molecule has 0 spiro atoms. The molecule has 0 atom stereocenters. The molecule has 0 fully saturated rings. The van der Waals surface area contributed by atoms with Crippen molar-refractivity contribution >= 4 is 5.97 Å². The molecule has 0 saturated carbocycles. The predicted octanol–water partition coefficient (Wildman–Crippen LogP) is 1.73. The van der Waals surface area contributed by atoms with Gasteiger partial charge in [-0.2, -0.15) is 0 Å². The van der Waals surface area contributed by atoms with Gasteiger partial charge in [-0.3, -0.25) is 0 Å². The van der Waals surface area contributed by atoms with Crippen molar-refractivity contribution in [3.05, 3.63) is 41.7 Å². The number of aliphatic hydroxyl groups is 1. The van der Waals surface area contributed by atoms with Crippen molar-refractivity contribution in [3.8, 4) is 5.75 Å². The quantitative estimate of drug-likeness (QED) is 0.809. The maximum atomic E-state index is 11.1. The van der Waals surface area contributed by atoms with Gasteiger partial charge in [0.2, 0.25) is 5.76 Å². The molecule has 17 heavy (non-hydrogen) atoms. The second kappa shape index (κ2) is 4.22. The number of cyclic esters (lactones) is 1. The average Bonchev–Trinajstić information content (AvgIpc) is 2.64. The largest absolute Gasteiger partial charge is 0.455 e. The van der Waals surface area contributed by atoms with E-state index in [1.807, 2.05) is 0 Å². The topological polar surface area (TPSA) is 55.8 Å². The van der Waals surface area contributed by atoms with Crippen molar-refractivity contribution in [1.82, 2.24) is 0 Å². The van der Waals surface area contributed by atoms with E-state index in [1.54, 1.807) is 44.2 Å². The molecule has 0 bridgehead atoms. The molecule has 2 rings (SSSR count). The van der Waals surface area contributed by atoms with Crippen LogP contribution in [0.2, 0.25) is 0 Å². The Morgan fingerprint density at radius 1 is 1.29 bits per heavy atom. The van der Waals surface area contributed by atoms with E-state index in [4.69, 9.17) is 9.47 Å². The summed E-state index contributed by atoms with van der Waals surface area (Å²) >= 11 is 0. The summed E-state index contributed by atoms with van der Waals surface area (Å²) in [6.45, 7) is 3.68. The zero-order valence-electron chi connectivity index (χ0n) is 9.77. The van der Waals surface area contributed by atoms with Crippen molar-refractivity contribution < 1.29 is 19.4 Å². The van der Waals surface area contributed by atoms with Crippen LogP contribution < -0.4 is 4.74 Å². The highest BCUT2D eigenvalue weighted by molar-refractivity contribution is 5.88. The van der Waals surface area contributed by atoms with Gasteiger partial charge in [-0.15, -0.1) is 0 Å². The molecule has 1 aromatic rings. The lowest BCUT2D eigenvalue weighted by Crippen LogP contribution is -2.15. The first kappa shape index (κ1) is 11.7. The van der Waals surface area contributed by atoms with Crippen molar-refractivity contribution in [2.24, 2.45) is 0 Å². The van der Waals surface area contributed by atoms with Crippen LogP contribution in [0.1, 0.15) is 19.4 Å². The number of carbonyl (C=O) groups excluding carboxylic acids is 1. The summed E-state index contributed by atoms with van der Waals surface area (Å²) < 4.78 is 10.1. The molecular weight excluding hydrogens is 220 g/mol. The molecule has 1 heterocycles. The van der Waals surface area contributed by atoms with Gasteiger partial charge in [-0.1, -0.05) is 12.1 Å². The molecule has 0 saturated heterocycles. The van der Waals surface area contributed by atoms with E-state index < -0.39 is 11.6 Å². The van der Waals surface area contributed by atoms with Crippen LogP contribution in [-0.4, -0.2) is 17.7 Å². The Morgan fingerprint density at radius 2 is 1.94 bits per heavy atom. The molecular formula is C13H14O4. The fraction of sp³-hybridized carbons (Fsp3) is 0.308. The van der Waals surface area contributed by atoms with Gasteiger partial charge >= 0.3 is 5.97 Å². The van der Waals surface area contributed by atoms with Crippen molar-refractivity contribution in [2.45, 2.75) is 19.4 Å². The SMILES string of the molecule is CC(C)(O)c1ccc(OC2=CCOC2=O)cc1. The van der Waals surface area contributed by atoms with Crippen LogP contribution >= 0.6 is 0 Å². The molecule has 0 amide bonds. The number of rotatable bonds is 3. The zero-order valence-corrected chi connectivity index (χ0v) is 9.77. The fourth-order valence-corrected chi connectivity index (χ4v) is 1.49. The van der Waals surface area contributed by atoms with E-state index in [-0.39, 0.29) is 12.4 Å². The Kier molecular flexibility index (Phi) is 2.90. The smallest absolute Gasteiger partial charge is 0.374 e. The van der Waals surface area contributed by atoms with Crippen LogP contribution in [0.25, 0.3) is 0 Å². The molecule has 0 aromatic heterocycles. The summed E-state index contributed by atoms with van der Waals surface area (Å²) in [5.74, 6) is 0.306. The molecule has 1 N–H and O–H groups in total. The van der Waals surface area contributed by atoms with Gasteiger partial charge in [-0.05, 0) is 31.5 Å². The second-order valence-corrected chi connectivity index (χ2v) is 4.35. The molecule has 0 radical (unpaired) electrons. The highest BCUT2D eigenvalue weighted by Gasteiger charge is 2.20. The minimum atomic E-state index is -0.885. The van der Waals surface area contributed by atoms with Crippen LogP contribution in [0.5, 0.6) is 5.75 Å². The van der Waals surface area contributed by atoms with Gasteiger partial charge in [0, 0.05) is 6.08 Å². The van der Waals surface area contributed by atoms with E-state index >= 15 is 0 Å². The van der Waals surface area contributed by atoms with Gasteiger partial charge in [0.1, 0.15) is 12.4 Å². The maximum Gasteiger partial charge on any atom is 0.374 e. The van der Waals surface area contributed by atoms with E-state index in [1.165, 1.54) is 0 Å². The lowest BCUT2D eigenvalue weighted by Gasteiger charge is -2.17. The standard InChI is InChI=1S/C13H14O4/c1-13(2,15)9-3-5-10(6-4-9)17-11-7-8-16-12(11)14/h3-7,15H,8H2,1-2H3. The van der Waals surface area contributed by atoms with Crippen LogP contribution in [-0.2, 0) is 15.1 Å². The van der Waals surface area contributed by atoms with Gasteiger partial charge in [0.25, 0.3) is 0 Å². The predicted molar refractivity (Wildman–Crippen MR) is 61.4 cm³/mol. The number of benzene rings is 1. The summed E-state index contributed by atoms with van der Waals surface area (Å²) in [7, 11) is 0. The van der Waals surface area contributed by atoms with E-state index in [9.17, 15) is 9.90 Å². The lowest BCUT2D eigenvalue weighted by molar-refractivity contribution is -0.138. The third kappa shape index (κ3) is 2.65. The van der Waals surface area contributed by atoms with Crippen LogP contribution in [0, 0.1) is 0 Å².